The summed E-state index contributed by atoms with van der Waals surface area (Å²) >= 11 is 0. The van der Waals surface area contributed by atoms with E-state index in [0.717, 1.165) is 31.2 Å². The Morgan fingerprint density at radius 3 is 2.48 bits per heavy atom. The fraction of sp³-hybridized carbons (Fsp3) is 0.300. The molecule has 0 bridgehead atoms. The number of amides is 1. The topological polar surface area (TPSA) is 62.1 Å². The maximum atomic E-state index is 13.4. The second-order valence-corrected chi connectivity index (χ2v) is 6.25. The van der Waals surface area contributed by atoms with E-state index in [-0.39, 0.29) is 18.3 Å². The number of ether oxygens (including phenoxy) is 1. The number of benzene rings is 2. The van der Waals surface area contributed by atoms with Gasteiger partial charge in [0.25, 0.3) is 5.91 Å². The number of rotatable bonds is 5. The van der Waals surface area contributed by atoms with Crippen molar-refractivity contribution in [2.75, 3.05) is 11.9 Å². The van der Waals surface area contributed by atoms with Crippen LogP contribution in [-0.4, -0.2) is 12.5 Å². The number of carbonyl (C=O) groups excluding carboxylic acids is 1. The van der Waals surface area contributed by atoms with E-state index in [1.807, 2.05) is 12.1 Å². The first kappa shape index (κ1) is 17.0. The molecule has 1 aliphatic carbocycles. The average Bonchev–Trinajstić information content (AvgIpc) is 3.12. The number of hydrogen-bond donors (Lipinski definition) is 1. The average molecular weight is 338 g/mol. The highest BCUT2D eigenvalue weighted by Crippen LogP contribution is 2.40. The quantitative estimate of drug-likeness (QED) is 0.889. The molecule has 0 saturated heterocycles. The molecule has 128 valence electrons. The third-order valence-corrected chi connectivity index (χ3v) is 4.59. The largest absolute Gasteiger partial charge is 0.481 e. The Kier molecular flexibility index (Phi) is 4.99. The van der Waals surface area contributed by atoms with Gasteiger partial charge in [-0.25, -0.2) is 4.39 Å². The van der Waals surface area contributed by atoms with Crippen molar-refractivity contribution in [2.24, 2.45) is 0 Å². The fourth-order valence-electron chi connectivity index (χ4n) is 3.22. The number of para-hydroxylation sites is 1. The minimum absolute atomic E-state index is 0.0465. The summed E-state index contributed by atoms with van der Waals surface area (Å²) < 4.78 is 18.6. The van der Waals surface area contributed by atoms with E-state index in [1.165, 1.54) is 12.1 Å². The van der Waals surface area contributed by atoms with E-state index in [1.54, 1.807) is 24.3 Å². The van der Waals surface area contributed by atoms with Crippen LogP contribution < -0.4 is 10.1 Å². The van der Waals surface area contributed by atoms with Crippen LogP contribution >= 0.6 is 0 Å². The second-order valence-electron chi connectivity index (χ2n) is 6.25. The summed E-state index contributed by atoms with van der Waals surface area (Å²) in [6.45, 7) is -0.273. The van der Waals surface area contributed by atoms with Crippen LogP contribution in [0, 0.1) is 17.1 Å². The van der Waals surface area contributed by atoms with Crippen LogP contribution in [0.3, 0.4) is 0 Å². The lowest BCUT2D eigenvalue weighted by atomic mass is 9.80. The molecule has 2 aromatic rings. The Labute approximate surface area is 146 Å². The van der Waals surface area contributed by atoms with Crippen LogP contribution in [0.1, 0.15) is 31.2 Å². The number of nitriles is 1. The summed E-state index contributed by atoms with van der Waals surface area (Å²) in [7, 11) is 0. The molecular formula is C20H19FN2O2. The Balaban J connectivity index is 1.59. The summed E-state index contributed by atoms with van der Waals surface area (Å²) in [4.78, 5) is 11.9. The summed E-state index contributed by atoms with van der Waals surface area (Å²) in [6, 6.07) is 15.8. The van der Waals surface area contributed by atoms with Gasteiger partial charge in [-0.15, -0.1) is 0 Å². The molecule has 25 heavy (non-hydrogen) atoms. The molecule has 1 amide bonds. The maximum Gasteiger partial charge on any atom is 0.262 e. The van der Waals surface area contributed by atoms with E-state index in [4.69, 9.17) is 4.74 Å². The van der Waals surface area contributed by atoms with Gasteiger partial charge in [0.15, 0.2) is 18.2 Å². The second kappa shape index (κ2) is 7.35. The van der Waals surface area contributed by atoms with Crippen LogP contribution in [0.2, 0.25) is 0 Å². The van der Waals surface area contributed by atoms with Crippen LogP contribution in [0.5, 0.6) is 5.75 Å². The van der Waals surface area contributed by atoms with Crippen LogP contribution in [0.4, 0.5) is 10.1 Å². The number of hydrogen-bond acceptors (Lipinski definition) is 3. The van der Waals surface area contributed by atoms with Gasteiger partial charge in [0.1, 0.15) is 0 Å². The number of anilines is 1. The monoisotopic (exact) mass is 338 g/mol. The number of carbonyl (C=O) groups is 1. The Hall–Kier alpha value is -2.87. The zero-order valence-electron chi connectivity index (χ0n) is 13.8. The SMILES string of the molecule is N#CC1(c2ccc(NC(=O)COc3ccccc3F)cc2)CCCC1. The highest BCUT2D eigenvalue weighted by atomic mass is 19.1. The molecule has 0 atom stereocenters. The van der Waals surface area contributed by atoms with E-state index >= 15 is 0 Å². The molecule has 0 unspecified atom stereocenters. The van der Waals surface area contributed by atoms with Crippen LogP contribution in [0.25, 0.3) is 0 Å². The van der Waals surface area contributed by atoms with Crippen LogP contribution in [-0.2, 0) is 10.2 Å². The molecule has 1 saturated carbocycles. The van der Waals surface area contributed by atoms with Crippen molar-refractivity contribution in [2.45, 2.75) is 31.1 Å². The number of nitrogens with zero attached hydrogens (tertiary/aromatic N) is 1. The van der Waals surface area contributed by atoms with Crippen molar-refractivity contribution >= 4 is 11.6 Å². The molecule has 4 nitrogen and oxygen atoms in total. The van der Waals surface area contributed by atoms with Crippen LogP contribution in [0.15, 0.2) is 48.5 Å². The standard InChI is InChI=1S/C20H19FN2O2/c21-17-5-1-2-6-18(17)25-13-19(24)23-16-9-7-15(8-10-16)20(14-22)11-3-4-12-20/h1-2,5-10H,3-4,11-13H2,(H,23,24). The van der Waals surface area contributed by atoms with Crippen molar-refractivity contribution in [1.82, 2.24) is 0 Å². The molecule has 0 spiro atoms. The molecule has 1 aliphatic rings. The number of nitrogens with one attached hydrogen (secondary N) is 1. The molecule has 0 radical (unpaired) electrons. The highest BCUT2D eigenvalue weighted by molar-refractivity contribution is 5.91. The van der Waals surface area contributed by atoms with Crippen molar-refractivity contribution < 1.29 is 13.9 Å². The molecule has 1 N–H and O–H groups in total. The Morgan fingerprint density at radius 1 is 1.16 bits per heavy atom. The van der Waals surface area contributed by atoms with Crippen molar-refractivity contribution in [3.05, 3.63) is 59.9 Å². The van der Waals surface area contributed by atoms with E-state index in [0.29, 0.717) is 5.69 Å². The molecular weight excluding hydrogens is 319 g/mol. The molecule has 1 fully saturated rings. The van der Waals surface area contributed by atoms with Gasteiger partial charge in [0.2, 0.25) is 0 Å². The summed E-state index contributed by atoms with van der Waals surface area (Å²) in [5.74, 6) is -0.824. The molecule has 2 aromatic carbocycles. The van der Waals surface area contributed by atoms with Gasteiger partial charge in [0, 0.05) is 5.69 Å². The van der Waals surface area contributed by atoms with E-state index in [9.17, 15) is 14.4 Å². The van der Waals surface area contributed by atoms with Gasteiger partial charge >= 0.3 is 0 Å². The smallest absolute Gasteiger partial charge is 0.262 e. The van der Waals surface area contributed by atoms with Crippen molar-refractivity contribution in [1.29, 1.82) is 5.26 Å². The van der Waals surface area contributed by atoms with E-state index < -0.39 is 11.2 Å². The number of halogens is 1. The van der Waals surface area contributed by atoms with Gasteiger partial charge in [-0.1, -0.05) is 37.1 Å². The predicted octanol–water partition coefficient (Wildman–Crippen LogP) is 4.18. The zero-order valence-corrected chi connectivity index (χ0v) is 13.8. The summed E-state index contributed by atoms with van der Waals surface area (Å²) in [5.41, 5.74) is 1.22. The van der Waals surface area contributed by atoms with Gasteiger partial charge in [0.05, 0.1) is 11.5 Å². The summed E-state index contributed by atoms with van der Waals surface area (Å²) in [5, 5.41) is 12.2. The zero-order chi connectivity index (χ0) is 17.7. The lowest BCUT2D eigenvalue weighted by Gasteiger charge is -2.21. The first-order valence-electron chi connectivity index (χ1n) is 8.32. The van der Waals surface area contributed by atoms with Gasteiger partial charge in [-0.3, -0.25) is 4.79 Å². The lowest BCUT2D eigenvalue weighted by molar-refractivity contribution is -0.118. The normalized spacial score (nSPS) is 15.4. The fourth-order valence-corrected chi connectivity index (χ4v) is 3.22. The highest BCUT2D eigenvalue weighted by Gasteiger charge is 2.35. The third-order valence-electron chi connectivity index (χ3n) is 4.59. The molecule has 0 heterocycles. The van der Waals surface area contributed by atoms with E-state index in [2.05, 4.69) is 11.4 Å². The molecule has 3 rings (SSSR count). The lowest BCUT2D eigenvalue weighted by Crippen LogP contribution is -2.21. The molecule has 5 heteroatoms. The first-order valence-corrected chi connectivity index (χ1v) is 8.32. The Bertz CT molecular complexity index is 790. The van der Waals surface area contributed by atoms with Gasteiger partial charge in [-0.05, 0) is 42.7 Å². The van der Waals surface area contributed by atoms with Crippen molar-refractivity contribution in [3.8, 4) is 11.8 Å². The van der Waals surface area contributed by atoms with Crippen molar-refractivity contribution in [3.63, 3.8) is 0 Å². The molecule has 0 aliphatic heterocycles. The van der Waals surface area contributed by atoms with Gasteiger partial charge < -0.3 is 10.1 Å². The van der Waals surface area contributed by atoms with Gasteiger partial charge in [-0.2, -0.15) is 5.26 Å². The predicted molar refractivity (Wildman–Crippen MR) is 92.7 cm³/mol. The minimum Gasteiger partial charge on any atom is -0.481 e. The first-order chi connectivity index (χ1) is 12.1. The summed E-state index contributed by atoms with van der Waals surface area (Å²) in [6.07, 6.45) is 3.90. The maximum absolute atomic E-state index is 13.4. The minimum atomic E-state index is -0.502. The third kappa shape index (κ3) is 3.80. The molecule has 0 aromatic heterocycles. The Morgan fingerprint density at radius 2 is 1.84 bits per heavy atom.